The molecule has 1 atom stereocenters. The molecule has 1 saturated heterocycles. The van der Waals surface area contributed by atoms with Gasteiger partial charge in [0.05, 0.1) is 10.4 Å². The van der Waals surface area contributed by atoms with E-state index in [9.17, 15) is 4.79 Å². The maximum Gasteiger partial charge on any atom is 0.263 e. The highest BCUT2D eigenvalue weighted by Gasteiger charge is 2.19. The van der Waals surface area contributed by atoms with E-state index in [4.69, 9.17) is 5.73 Å². The second-order valence-corrected chi connectivity index (χ2v) is 8.08. The molecule has 0 radical (unpaired) electrons. The minimum absolute atomic E-state index is 0.0818. The summed E-state index contributed by atoms with van der Waals surface area (Å²) in [6, 6.07) is 3.80. The summed E-state index contributed by atoms with van der Waals surface area (Å²) < 4.78 is 0.956. The predicted molar refractivity (Wildman–Crippen MR) is 89.9 cm³/mol. The zero-order chi connectivity index (χ0) is 13.9. The number of anilines is 1. The fourth-order valence-electron chi connectivity index (χ4n) is 2.06. The van der Waals surface area contributed by atoms with Crippen molar-refractivity contribution < 1.29 is 4.79 Å². The Kier molecular flexibility index (Phi) is 4.38. The van der Waals surface area contributed by atoms with E-state index in [1.165, 1.54) is 22.8 Å². The van der Waals surface area contributed by atoms with Crippen molar-refractivity contribution in [1.29, 1.82) is 0 Å². The molecule has 1 unspecified atom stereocenters. The number of thiophene rings is 1. The van der Waals surface area contributed by atoms with E-state index in [-0.39, 0.29) is 5.91 Å². The third kappa shape index (κ3) is 2.89. The van der Waals surface area contributed by atoms with Crippen LogP contribution in [0.4, 0.5) is 5.69 Å². The highest BCUT2D eigenvalue weighted by molar-refractivity contribution is 8.06. The maximum atomic E-state index is 12.3. The molecule has 20 heavy (non-hydrogen) atoms. The Hall–Kier alpha value is -0.920. The highest BCUT2D eigenvalue weighted by atomic mass is 32.2. The van der Waals surface area contributed by atoms with Gasteiger partial charge in [-0.1, -0.05) is 0 Å². The fraction of sp³-hybridized carbons (Fsp3) is 0.385. The third-order valence-electron chi connectivity index (χ3n) is 3.06. The van der Waals surface area contributed by atoms with Crippen molar-refractivity contribution in [2.24, 2.45) is 0 Å². The summed E-state index contributed by atoms with van der Waals surface area (Å²) in [7, 11) is 0. The molecule has 1 aliphatic rings. The molecule has 3 N–H and O–H groups in total. The first-order chi connectivity index (χ1) is 9.75. The summed E-state index contributed by atoms with van der Waals surface area (Å²) in [6.07, 6.45) is 1.70. The van der Waals surface area contributed by atoms with Crippen LogP contribution >= 0.6 is 34.9 Å². The zero-order valence-electron chi connectivity index (χ0n) is 10.8. The van der Waals surface area contributed by atoms with Crippen LogP contribution in [0.2, 0.25) is 0 Å². The molecule has 7 heteroatoms. The van der Waals surface area contributed by atoms with Crippen LogP contribution in [0, 0.1) is 0 Å². The van der Waals surface area contributed by atoms with E-state index in [0.29, 0.717) is 22.4 Å². The number of amides is 1. The number of thioether (sulfide) groups is 2. The predicted octanol–water partition coefficient (Wildman–Crippen LogP) is 2.46. The van der Waals surface area contributed by atoms with Gasteiger partial charge in [-0.05, 0) is 12.1 Å². The molecule has 2 aromatic heterocycles. The number of nitrogen functional groups attached to an aromatic ring is 1. The van der Waals surface area contributed by atoms with Crippen LogP contribution in [0.3, 0.4) is 0 Å². The summed E-state index contributed by atoms with van der Waals surface area (Å²) in [6.45, 7) is 0.706. The van der Waals surface area contributed by atoms with Gasteiger partial charge >= 0.3 is 0 Å². The second-order valence-electron chi connectivity index (χ2n) is 4.47. The minimum atomic E-state index is -0.0818. The van der Waals surface area contributed by atoms with Crippen molar-refractivity contribution >= 4 is 56.7 Å². The van der Waals surface area contributed by atoms with E-state index < -0.39 is 0 Å². The van der Waals surface area contributed by atoms with E-state index in [1.54, 1.807) is 6.20 Å². The number of pyridine rings is 1. The molecule has 2 aromatic rings. The van der Waals surface area contributed by atoms with E-state index in [1.807, 2.05) is 35.7 Å². The second kappa shape index (κ2) is 6.24. The maximum absolute atomic E-state index is 12.3. The van der Waals surface area contributed by atoms with Gasteiger partial charge in [0.25, 0.3) is 5.91 Å². The molecule has 0 aliphatic carbocycles. The number of nitrogens with two attached hydrogens (primary N) is 1. The van der Waals surface area contributed by atoms with Crippen LogP contribution < -0.4 is 11.1 Å². The molecule has 4 nitrogen and oxygen atoms in total. The number of carbonyl (C=O) groups is 1. The van der Waals surface area contributed by atoms with Gasteiger partial charge in [0.2, 0.25) is 0 Å². The standard InChI is InChI=1S/C13H15N3OS3/c14-10-11-9(2-1-3-15-11)20-12(10)13(17)16-6-8-7-18-4-5-19-8/h1-3,8H,4-7,14H2,(H,16,17). The summed E-state index contributed by atoms with van der Waals surface area (Å²) in [5, 5.41) is 3.51. The first kappa shape index (κ1) is 14.0. The van der Waals surface area contributed by atoms with Crippen molar-refractivity contribution in [1.82, 2.24) is 10.3 Å². The molecule has 106 valence electrons. The van der Waals surface area contributed by atoms with Crippen LogP contribution in [0.15, 0.2) is 18.3 Å². The number of aromatic nitrogens is 1. The average Bonchev–Trinajstić information content (AvgIpc) is 2.84. The summed E-state index contributed by atoms with van der Waals surface area (Å²) in [4.78, 5) is 17.1. The molecule has 3 rings (SSSR count). The summed E-state index contributed by atoms with van der Waals surface area (Å²) in [5.74, 6) is 3.40. The molecule has 0 saturated carbocycles. The van der Waals surface area contributed by atoms with Gasteiger partial charge in [0, 0.05) is 35.3 Å². The van der Waals surface area contributed by atoms with Crippen molar-refractivity contribution in [3.8, 4) is 0 Å². The van der Waals surface area contributed by atoms with Gasteiger partial charge in [-0.2, -0.15) is 23.5 Å². The number of nitrogens with zero attached hydrogens (tertiary/aromatic N) is 1. The van der Waals surface area contributed by atoms with Crippen LogP contribution in [0.25, 0.3) is 10.2 Å². The van der Waals surface area contributed by atoms with Gasteiger partial charge in [-0.3, -0.25) is 9.78 Å². The summed E-state index contributed by atoms with van der Waals surface area (Å²) >= 11 is 5.29. The normalized spacial score (nSPS) is 19.1. The molecular weight excluding hydrogens is 310 g/mol. The first-order valence-electron chi connectivity index (χ1n) is 6.36. The van der Waals surface area contributed by atoms with Crippen LogP contribution in [0.1, 0.15) is 9.67 Å². The van der Waals surface area contributed by atoms with Gasteiger partial charge < -0.3 is 11.1 Å². The minimum Gasteiger partial charge on any atom is -0.396 e. The van der Waals surface area contributed by atoms with E-state index in [2.05, 4.69) is 10.3 Å². The number of hydrogen-bond acceptors (Lipinski definition) is 6. The van der Waals surface area contributed by atoms with Gasteiger partial charge in [0.15, 0.2) is 0 Å². The molecule has 0 aromatic carbocycles. The van der Waals surface area contributed by atoms with Crippen LogP contribution in [-0.4, -0.2) is 39.9 Å². The Labute approximate surface area is 129 Å². The lowest BCUT2D eigenvalue weighted by atomic mass is 10.3. The SMILES string of the molecule is Nc1c(C(=O)NCC2CSCCS2)sc2cccnc12. The van der Waals surface area contributed by atoms with E-state index in [0.717, 1.165) is 16.0 Å². The lowest BCUT2D eigenvalue weighted by Gasteiger charge is -2.20. The summed E-state index contributed by atoms with van der Waals surface area (Å²) in [5.41, 5.74) is 7.25. The third-order valence-corrected chi connectivity index (χ3v) is 7.07. The lowest BCUT2D eigenvalue weighted by Crippen LogP contribution is -2.33. The molecule has 1 fully saturated rings. The van der Waals surface area contributed by atoms with Gasteiger partial charge in [0.1, 0.15) is 10.4 Å². The van der Waals surface area contributed by atoms with Crippen molar-refractivity contribution in [2.45, 2.75) is 5.25 Å². The molecule has 1 amide bonds. The number of carbonyl (C=O) groups excluding carboxylic acids is 1. The quantitative estimate of drug-likeness (QED) is 0.907. The number of rotatable bonds is 3. The number of hydrogen-bond donors (Lipinski definition) is 2. The first-order valence-corrected chi connectivity index (χ1v) is 9.38. The Morgan fingerprint density at radius 1 is 1.50 bits per heavy atom. The topological polar surface area (TPSA) is 68.0 Å². The van der Waals surface area contributed by atoms with Crippen LogP contribution in [0.5, 0.6) is 0 Å². The number of fused-ring (bicyclic) bond motifs is 1. The van der Waals surface area contributed by atoms with Crippen molar-refractivity contribution in [3.05, 3.63) is 23.2 Å². The Morgan fingerprint density at radius 2 is 2.40 bits per heavy atom. The molecular formula is C13H15N3OS3. The average molecular weight is 325 g/mol. The fourth-order valence-corrected chi connectivity index (χ4v) is 5.67. The van der Waals surface area contributed by atoms with Gasteiger partial charge in [-0.25, -0.2) is 0 Å². The van der Waals surface area contributed by atoms with Crippen molar-refractivity contribution in [2.75, 3.05) is 29.5 Å². The Morgan fingerprint density at radius 3 is 3.15 bits per heavy atom. The monoisotopic (exact) mass is 325 g/mol. The van der Waals surface area contributed by atoms with E-state index >= 15 is 0 Å². The molecule has 0 spiro atoms. The zero-order valence-corrected chi connectivity index (χ0v) is 13.2. The molecule has 1 aliphatic heterocycles. The largest absolute Gasteiger partial charge is 0.396 e. The number of nitrogens with one attached hydrogen (secondary N) is 1. The van der Waals surface area contributed by atoms with Crippen molar-refractivity contribution in [3.63, 3.8) is 0 Å². The molecule has 0 bridgehead atoms. The van der Waals surface area contributed by atoms with Gasteiger partial charge in [-0.15, -0.1) is 11.3 Å². The lowest BCUT2D eigenvalue weighted by molar-refractivity contribution is 0.0959. The van der Waals surface area contributed by atoms with Crippen LogP contribution in [-0.2, 0) is 0 Å². The highest BCUT2D eigenvalue weighted by Crippen LogP contribution is 2.31. The molecule has 3 heterocycles. The smallest absolute Gasteiger partial charge is 0.263 e. The Bertz CT molecular complexity index is 622. The Balaban J connectivity index is 1.70.